The normalized spacial score (nSPS) is 10.1. The standard InChI is InChI=1S/C10H14O2S/c1-4-7-5-9(12-2)8(11)6-10(7)13-3/h5-6,11H,4H2,1-3H3. The van der Waals surface area contributed by atoms with Crippen LogP contribution in [0.4, 0.5) is 0 Å². The van der Waals surface area contributed by atoms with E-state index >= 15 is 0 Å². The maximum atomic E-state index is 9.50. The number of thioether (sulfide) groups is 1. The van der Waals surface area contributed by atoms with E-state index in [1.165, 1.54) is 5.56 Å². The van der Waals surface area contributed by atoms with Crippen LogP contribution in [0.15, 0.2) is 17.0 Å². The molecule has 0 atom stereocenters. The van der Waals surface area contributed by atoms with Gasteiger partial charge >= 0.3 is 0 Å². The molecular formula is C10H14O2S. The summed E-state index contributed by atoms with van der Waals surface area (Å²) >= 11 is 1.64. The van der Waals surface area contributed by atoms with Crippen LogP contribution in [0.3, 0.4) is 0 Å². The lowest BCUT2D eigenvalue weighted by atomic mass is 10.1. The molecule has 3 heteroatoms. The van der Waals surface area contributed by atoms with Gasteiger partial charge in [0.2, 0.25) is 0 Å². The van der Waals surface area contributed by atoms with Gasteiger partial charge in [0.25, 0.3) is 0 Å². The van der Waals surface area contributed by atoms with Crippen LogP contribution in [0.5, 0.6) is 11.5 Å². The first-order valence-electron chi connectivity index (χ1n) is 4.16. The highest BCUT2D eigenvalue weighted by Gasteiger charge is 2.07. The number of phenolic OH excluding ortho intramolecular Hbond substituents is 1. The lowest BCUT2D eigenvalue weighted by molar-refractivity contribution is 0.372. The minimum Gasteiger partial charge on any atom is -0.504 e. The second-order valence-corrected chi connectivity index (χ2v) is 3.54. The van der Waals surface area contributed by atoms with Gasteiger partial charge in [-0.25, -0.2) is 0 Å². The van der Waals surface area contributed by atoms with Gasteiger partial charge in [-0.2, -0.15) is 0 Å². The molecule has 0 aromatic heterocycles. The molecule has 0 radical (unpaired) electrons. The Labute approximate surface area is 82.9 Å². The van der Waals surface area contributed by atoms with Gasteiger partial charge in [0.15, 0.2) is 11.5 Å². The summed E-state index contributed by atoms with van der Waals surface area (Å²) in [7, 11) is 1.56. The molecule has 0 amide bonds. The van der Waals surface area contributed by atoms with E-state index < -0.39 is 0 Å². The fourth-order valence-corrected chi connectivity index (χ4v) is 1.92. The Bertz CT molecular complexity index is 297. The Morgan fingerprint density at radius 2 is 2.15 bits per heavy atom. The molecule has 0 fully saturated rings. The quantitative estimate of drug-likeness (QED) is 0.757. The number of ether oxygens (including phenoxy) is 1. The highest BCUT2D eigenvalue weighted by Crippen LogP contribution is 2.33. The fraction of sp³-hybridized carbons (Fsp3) is 0.400. The molecule has 0 unspecified atom stereocenters. The first-order valence-corrected chi connectivity index (χ1v) is 5.39. The second kappa shape index (κ2) is 4.42. The number of phenols is 1. The third kappa shape index (κ3) is 2.10. The molecule has 0 bridgehead atoms. The van der Waals surface area contributed by atoms with Gasteiger partial charge in [-0.05, 0) is 30.4 Å². The van der Waals surface area contributed by atoms with Crippen LogP contribution in [0.1, 0.15) is 12.5 Å². The molecule has 0 saturated heterocycles. The summed E-state index contributed by atoms with van der Waals surface area (Å²) in [6.07, 6.45) is 2.95. The molecule has 0 aliphatic carbocycles. The average molecular weight is 198 g/mol. The molecule has 13 heavy (non-hydrogen) atoms. The van der Waals surface area contributed by atoms with E-state index in [0.29, 0.717) is 5.75 Å². The lowest BCUT2D eigenvalue weighted by Crippen LogP contribution is -1.89. The molecule has 0 saturated carbocycles. The molecule has 1 aromatic rings. The van der Waals surface area contributed by atoms with E-state index in [0.717, 1.165) is 11.3 Å². The van der Waals surface area contributed by atoms with Gasteiger partial charge < -0.3 is 9.84 Å². The smallest absolute Gasteiger partial charge is 0.160 e. The largest absolute Gasteiger partial charge is 0.504 e. The van der Waals surface area contributed by atoms with Crippen molar-refractivity contribution in [2.45, 2.75) is 18.2 Å². The fourth-order valence-electron chi connectivity index (χ4n) is 1.22. The predicted molar refractivity (Wildman–Crippen MR) is 55.8 cm³/mol. The van der Waals surface area contributed by atoms with Gasteiger partial charge in [0.1, 0.15) is 0 Å². The molecule has 2 nitrogen and oxygen atoms in total. The third-order valence-electron chi connectivity index (χ3n) is 1.96. The van der Waals surface area contributed by atoms with Gasteiger partial charge in [0.05, 0.1) is 7.11 Å². The minimum absolute atomic E-state index is 0.212. The SMILES string of the molecule is CCc1cc(OC)c(O)cc1SC. The van der Waals surface area contributed by atoms with E-state index in [2.05, 4.69) is 6.92 Å². The predicted octanol–water partition coefficient (Wildman–Crippen LogP) is 2.69. The summed E-state index contributed by atoms with van der Waals surface area (Å²) in [5.41, 5.74) is 1.21. The Kier molecular flexibility index (Phi) is 3.48. The van der Waals surface area contributed by atoms with Crippen molar-refractivity contribution in [2.75, 3.05) is 13.4 Å². The first-order chi connectivity index (χ1) is 6.22. The Hall–Kier alpha value is -0.830. The van der Waals surface area contributed by atoms with Crippen molar-refractivity contribution in [2.24, 2.45) is 0 Å². The summed E-state index contributed by atoms with van der Waals surface area (Å²) in [6, 6.07) is 3.64. The maximum Gasteiger partial charge on any atom is 0.160 e. The van der Waals surface area contributed by atoms with Gasteiger partial charge in [-0.15, -0.1) is 11.8 Å². The monoisotopic (exact) mass is 198 g/mol. The number of methoxy groups -OCH3 is 1. The number of aryl methyl sites for hydroxylation is 1. The van der Waals surface area contributed by atoms with Crippen molar-refractivity contribution in [3.05, 3.63) is 17.7 Å². The first kappa shape index (κ1) is 10.3. The van der Waals surface area contributed by atoms with Gasteiger partial charge in [-0.3, -0.25) is 0 Å². The van der Waals surface area contributed by atoms with Crippen molar-refractivity contribution in [3.8, 4) is 11.5 Å². The van der Waals surface area contributed by atoms with Crippen LogP contribution in [-0.4, -0.2) is 18.5 Å². The van der Waals surface area contributed by atoms with Crippen LogP contribution in [0.2, 0.25) is 0 Å². The van der Waals surface area contributed by atoms with E-state index in [1.807, 2.05) is 12.3 Å². The highest BCUT2D eigenvalue weighted by atomic mass is 32.2. The zero-order chi connectivity index (χ0) is 9.84. The molecule has 1 N–H and O–H groups in total. The van der Waals surface area contributed by atoms with Crippen LogP contribution in [0.25, 0.3) is 0 Å². The molecule has 0 aliphatic heterocycles. The molecule has 0 aliphatic rings. The van der Waals surface area contributed by atoms with Crippen molar-refractivity contribution in [3.63, 3.8) is 0 Å². The molecule has 1 aromatic carbocycles. The molecule has 72 valence electrons. The molecule has 0 heterocycles. The van der Waals surface area contributed by atoms with Crippen molar-refractivity contribution < 1.29 is 9.84 Å². The number of hydrogen-bond acceptors (Lipinski definition) is 3. The zero-order valence-corrected chi connectivity index (χ0v) is 8.94. The second-order valence-electron chi connectivity index (χ2n) is 2.69. The van der Waals surface area contributed by atoms with Gasteiger partial charge in [0, 0.05) is 4.90 Å². The summed E-state index contributed by atoms with van der Waals surface area (Å²) in [6.45, 7) is 2.09. The number of aromatic hydroxyl groups is 1. The summed E-state index contributed by atoms with van der Waals surface area (Å²) in [5, 5.41) is 9.50. The van der Waals surface area contributed by atoms with Crippen LogP contribution < -0.4 is 4.74 Å². The van der Waals surface area contributed by atoms with Crippen molar-refractivity contribution in [1.29, 1.82) is 0 Å². The Morgan fingerprint density at radius 3 is 2.62 bits per heavy atom. The van der Waals surface area contributed by atoms with Crippen LogP contribution >= 0.6 is 11.8 Å². The summed E-state index contributed by atoms with van der Waals surface area (Å²) in [4.78, 5) is 1.11. The van der Waals surface area contributed by atoms with E-state index in [1.54, 1.807) is 24.9 Å². The topological polar surface area (TPSA) is 29.5 Å². The molecule has 0 spiro atoms. The summed E-state index contributed by atoms with van der Waals surface area (Å²) in [5.74, 6) is 0.763. The van der Waals surface area contributed by atoms with E-state index in [4.69, 9.17) is 4.74 Å². The van der Waals surface area contributed by atoms with Crippen LogP contribution in [0, 0.1) is 0 Å². The van der Waals surface area contributed by atoms with Gasteiger partial charge in [-0.1, -0.05) is 6.92 Å². The lowest BCUT2D eigenvalue weighted by Gasteiger charge is -2.09. The highest BCUT2D eigenvalue weighted by molar-refractivity contribution is 7.98. The molecular weight excluding hydrogens is 184 g/mol. The van der Waals surface area contributed by atoms with Crippen molar-refractivity contribution >= 4 is 11.8 Å². The van der Waals surface area contributed by atoms with Crippen molar-refractivity contribution in [1.82, 2.24) is 0 Å². The third-order valence-corrected chi connectivity index (χ3v) is 2.78. The average Bonchev–Trinajstić information content (AvgIpc) is 2.17. The van der Waals surface area contributed by atoms with E-state index in [9.17, 15) is 5.11 Å². The minimum atomic E-state index is 0.212. The van der Waals surface area contributed by atoms with Crippen LogP contribution in [-0.2, 0) is 6.42 Å². The summed E-state index contributed by atoms with van der Waals surface area (Å²) < 4.78 is 5.03. The number of hydrogen-bond donors (Lipinski definition) is 1. The maximum absolute atomic E-state index is 9.50. The van der Waals surface area contributed by atoms with E-state index in [-0.39, 0.29) is 5.75 Å². The zero-order valence-electron chi connectivity index (χ0n) is 8.13. The number of benzene rings is 1. The Balaban J connectivity index is 3.18. The number of rotatable bonds is 3. The Morgan fingerprint density at radius 1 is 1.46 bits per heavy atom. The molecule has 1 rings (SSSR count).